The van der Waals surface area contributed by atoms with Gasteiger partial charge in [-0.25, -0.2) is 4.21 Å². The molecule has 1 aromatic carbocycles. The summed E-state index contributed by atoms with van der Waals surface area (Å²) in [7, 11) is -1.51. The van der Waals surface area contributed by atoms with Gasteiger partial charge in [0.25, 0.3) is 0 Å². The van der Waals surface area contributed by atoms with Crippen LogP contribution in [0.15, 0.2) is 30.3 Å². The topological polar surface area (TPSA) is 37.4 Å². The van der Waals surface area contributed by atoms with Crippen LogP contribution in [0.4, 0.5) is 4.79 Å². The van der Waals surface area contributed by atoms with Crippen LogP contribution in [0.2, 0.25) is 0 Å². The molecule has 0 radical (unpaired) electrons. The zero-order valence-corrected chi connectivity index (χ0v) is 12.3. The van der Waals surface area contributed by atoms with Crippen LogP contribution in [0.5, 0.6) is 0 Å². The molecule has 0 heterocycles. The third kappa shape index (κ3) is 3.95. The van der Waals surface area contributed by atoms with Crippen LogP contribution in [0.3, 0.4) is 0 Å². The van der Waals surface area contributed by atoms with Crippen molar-refractivity contribution in [1.82, 2.24) is 4.90 Å². The van der Waals surface area contributed by atoms with Crippen molar-refractivity contribution in [3.8, 4) is 0 Å². The molecule has 4 heteroatoms. The molecule has 18 heavy (non-hydrogen) atoms. The molecule has 1 atom stereocenters. The molecule has 0 aliphatic heterocycles. The van der Waals surface area contributed by atoms with E-state index in [1.165, 1.54) is 0 Å². The summed E-state index contributed by atoms with van der Waals surface area (Å²) >= 11 is 0. The van der Waals surface area contributed by atoms with Crippen molar-refractivity contribution in [2.24, 2.45) is 0 Å². The second-order valence-electron chi connectivity index (χ2n) is 5.16. The van der Waals surface area contributed by atoms with E-state index >= 15 is 0 Å². The van der Waals surface area contributed by atoms with Crippen molar-refractivity contribution in [3.05, 3.63) is 35.9 Å². The summed E-state index contributed by atoms with van der Waals surface area (Å²) in [6, 6.07) is 9.45. The van der Waals surface area contributed by atoms with Gasteiger partial charge in [0.2, 0.25) is 0 Å². The third-order valence-corrected chi connectivity index (χ3v) is 3.89. The average Bonchev–Trinajstić information content (AvgIpc) is 2.29. The van der Waals surface area contributed by atoms with Crippen LogP contribution in [-0.4, -0.2) is 26.4 Å². The van der Waals surface area contributed by atoms with Gasteiger partial charge in [0.15, 0.2) is 0 Å². The lowest BCUT2D eigenvalue weighted by atomic mass is 10.1. The molecule has 0 aliphatic carbocycles. The van der Waals surface area contributed by atoms with Gasteiger partial charge >= 0.3 is 5.24 Å². The minimum absolute atomic E-state index is 0.283. The van der Waals surface area contributed by atoms with Crippen molar-refractivity contribution >= 4 is 16.0 Å². The summed E-state index contributed by atoms with van der Waals surface area (Å²) in [5.74, 6) is 0.284. The van der Waals surface area contributed by atoms with Crippen LogP contribution >= 0.6 is 0 Å². The van der Waals surface area contributed by atoms with E-state index in [2.05, 4.69) is 0 Å². The van der Waals surface area contributed by atoms with Gasteiger partial charge in [-0.3, -0.25) is 4.79 Å². The molecule has 0 saturated heterocycles. The second-order valence-corrected chi connectivity index (χ2v) is 6.49. The van der Waals surface area contributed by atoms with Crippen LogP contribution in [-0.2, 0) is 16.6 Å². The normalized spacial score (nSPS) is 13.1. The molecule has 0 spiro atoms. The second kappa shape index (κ2) is 6.14. The van der Waals surface area contributed by atoms with E-state index in [0.29, 0.717) is 6.54 Å². The van der Waals surface area contributed by atoms with E-state index in [-0.39, 0.29) is 16.5 Å². The zero-order valence-electron chi connectivity index (χ0n) is 11.5. The summed E-state index contributed by atoms with van der Waals surface area (Å²) in [5, 5.41) is -0.283. The molecule has 0 N–H and O–H groups in total. The van der Waals surface area contributed by atoms with Gasteiger partial charge in [-0.1, -0.05) is 30.3 Å². The highest BCUT2D eigenvalue weighted by molar-refractivity contribution is 7.99. The van der Waals surface area contributed by atoms with E-state index in [1.807, 2.05) is 58.0 Å². The number of nitrogens with zero attached hydrogens (tertiary/aromatic N) is 1. The van der Waals surface area contributed by atoms with E-state index in [4.69, 9.17) is 0 Å². The van der Waals surface area contributed by atoms with Crippen molar-refractivity contribution in [1.29, 1.82) is 0 Å². The fourth-order valence-electron chi connectivity index (χ4n) is 1.79. The summed E-state index contributed by atoms with van der Waals surface area (Å²) < 4.78 is 12.1. The van der Waals surface area contributed by atoms with Gasteiger partial charge in [-0.05, 0) is 33.3 Å². The Balaban J connectivity index is 2.75. The first-order chi connectivity index (χ1) is 8.36. The molecule has 1 aromatic rings. The highest BCUT2D eigenvalue weighted by Gasteiger charge is 2.28. The number of rotatable bonds is 3. The molecule has 0 aromatic heterocycles. The average molecular weight is 267 g/mol. The van der Waals surface area contributed by atoms with E-state index in [0.717, 1.165) is 5.56 Å². The van der Waals surface area contributed by atoms with Crippen LogP contribution < -0.4 is 0 Å². The van der Waals surface area contributed by atoms with Crippen molar-refractivity contribution in [2.75, 3.05) is 6.54 Å². The van der Waals surface area contributed by atoms with Gasteiger partial charge in [-0.2, -0.15) is 0 Å². The van der Waals surface area contributed by atoms with Gasteiger partial charge in [0.05, 0.1) is 5.75 Å². The molecule has 1 rings (SSSR count). The van der Waals surface area contributed by atoms with Gasteiger partial charge in [-0.15, -0.1) is 0 Å². The van der Waals surface area contributed by atoms with Gasteiger partial charge in [0, 0.05) is 12.1 Å². The molecule has 0 aliphatic rings. The number of benzene rings is 1. The zero-order chi connectivity index (χ0) is 13.8. The Bertz CT molecular complexity index is 423. The Morgan fingerprint density at radius 2 is 1.78 bits per heavy atom. The molecule has 0 bridgehead atoms. The molecule has 3 nitrogen and oxygen atoms in total. The maximum Gasteiger partial charge on any atom is 0.312 e. The molecular weight excluding hydrogens is 246 g/mol. The Kier molecular flexibility index (Phi) is 5.08. The molecule has 0 fully saturated rings. The van der Waals surface area contributed by atoms with Crippen LogP contribution in [0.25, 0.3) is 0 Å². The lowest BCUT2D eigenvalue weighted by molar-refractivity contribution is 0.172. The first kappa shape index (κ1) is 14.9. The number of amides is 1. The van der Waals surface area contributed by atoms with Crippen LogP contribution in [0.1, 0.15) is 33.3 Å². The fourth-order valence-corrected chi connectivity index (χ4v) is 3.05. The SMILES string of the molecule is CCN(C(=O)S(=O)Cc1ccccc1)C(C)(C)C. The number of hydrogen-bond donors (Lipinski definition) is 0. The largest absolute Gasteiger partial charge is 0.327 e. The Morgan fingerprint density at radius 1 is 1.22 bits per heavy atom. The minimum Gasteiger partial charge on any atom is -0.327 e. The number of carbonyl (C=O) groups is 1. The number of carbonyl (C=O) groups excluding carboxylic acids is 1. The standard InChI is InChI=1S/C14H21NO2S/c1-5-15(14(2,3)4)13(16)18(17)11-12-9-7-6-8-10-12/h6-10H,5,11H2,1-4H3. The van der Waals surface area contributed by atoms with E-state index in [1.54, 1.807) is 4.90 Å². The lowest BCUT2D eigenvalue weighted by Crippen LogP contribution is -2.46. The predicted octanol–water partition coefficient (Wildman–Crippen LogP) is 3.18. The van der Waals surface area contributed by atoms with Crippen molar-refractivity contribution in [2.45, 2.75) is 39.0 Å². The van der Waals surface area contributed by atoms with Gasteiger partial charge < -0.3 is 4.90 Å². The molecular formula is C14H21NO2S. The summed E-state index contributed by atoms with van der Waals surface area (Å²) in [6.07, 6.45) is 0. The summed E-state index contributed by atoms with van der Waals surface area (Å²) in [4.78, 5) is 13.8. The maximum atomic E-state index is 12.2. The summed E-state index contributed by atoms with van der Waals surface area (Å²) in [5.41, 5.74) is 0.632. The van der Waals surface area contributed by atoms with Gasteiger partial charge in [0.1, 0.15) is 10.8 Å². The molecule has 0 saturated carbocycles. The Labute approximate surface area is 112 Å². The molecule has 1 unspecified atom stereocenters. The van der Waals surface area contributed by atoms with Crippen LogP contribution in [0, 0.1) is 0 Å². The highest BCUT2D eigenvalue weighted by Crippen LogP contribution is 2.16. The first-order valence-electron chi connectivity index (χ1n) is 6.10. The fraction of sp³-hybridized carbons (Fsp3) is 0.500. The maximum absolute atomic E-state index is 12.2. The third-order valence-electron chi connectivity index (χ3n) is 2.68. The molecule has 100 valence electrons. The first-order valence-corrected chi connectivity index (χ1v) is 7.42. The number of hydrogen-bond acceptors (Lipinski definition) is 2. The lowest BCUT2D eigenvalue weighted by Gasteiger charge is -2.34. The van der Waals surface area contributed by atoms with Crippen molar-refractivity contribution < 1.29 is 9.00 Å². The Hall–Kier alpha value is -1.16. The monoisotopic (exact) mass is 267 g/mol. The van der Waals surface area contributed by atoms with Crippen molar-refractivity contribution in [3.63, 3.8) is 0 Å². The van der Waals surface area contributed by atoms with E-state index < -0.39 is 10.8 Å². The van der Waals surface area contributed by atoms with E-state index in [9.17, 15) is 9.00 Å². The Morgan fingerprint density at radius 3 is 2.22 bits per heavy atom. The summed E-state index contributed by atoms with van der Waals surface area (Å²) in [6.45, 7) is 8.34. The molecule has 1 amide bonds. The minimum atomic E-state index is -1.51. The predicted molar refractivity (Wildman–Crippen MR) is 75.8 cm³/mol. The smallest absolute Gasteiger partial charge is 0.312 e. The highest BCUT2D eigenvalue weighted by atomic mass is 32.2. The quantitative estimate of drug-likeness (QED) is 0.843.